The maximum Gasteiger partial charge on any atom is 0.237 e. The van der Waals surface area contributed by atoms with Crippen LogP contribution in [0.5, 0.6) is 11.5 Å². The van der Waals surface area contributed by atoms with Crippen molar-refractivity contribution >= 4 is 17.9 Å². The average molecular weight is 277 g/mol. The van der Waals surface area contributed by atoms with Crippen molar-refractivity contribution in [2.75, 3.05) is 14.2 Å². The van der Waals surface area contributed by atoms with E-state index >= 15 is 0 Å². The van der Waals surface area contributed by atoms with Gasteiger partial charge in [-0.3, -0.25) is 4.79 Å². The lowest BCUT2D eigenvalue weighted by molar-refractivity contribution is 0.403. The molecule has 19 heavy (non-hydrogen) atoms. The Morgan fingerprint density at radius 3 is 2.58 bits per heavy atom. The van der Waals surface area contributed by atoms with Gasteiger partial charge in [0.15, 0.2) is 0 Å². The van der Waals surface area contributed by atoms with Crippen LogP contribution in [-0.4, -0.2) is 25.5 Å². The fraction of sp³-hybridized carbons (Fsp3) is 0.143. The summed E-state index contributed by atoms with van der Waals surface area (Å²) in [4.78, 5) is 15.2. The van der Waals surface area contributed by atoms with Crippen LogP contribution in [0.1, 0.15) is 5.56 Å². The number of carbonyl (C=O) groups excluding carboxylic acids is 1. The van der Waals surface area contributed by atoms with Crippen molar-refractivity contribution in [1.82, 2.24) is 4.98 Å². The zero-order valence-corrected chi connectivity index (χ0v) is 11.2. The number of pyridine rings is 1. The summed E-state index contributed by atoms with van der Waals surface area (Å²) in [5.74, 6) is 0.918. The molecule has 0 amide bonds. The standard InChI is InChI=1S/C14H11ClNO3/c1-18-10-6-9(8-17)14(19-2)11(7-10)12-4-3-5-13(15)16-12/h3-7H,1-2H3. The third kappa shape index (κ3) is 2.69. The first kappa shape index (κ1) is 13.4. The van der Waals surface area contributed by atoms with Gasteiger partial charge in [0.1, 0.15) is 16.7 Å². The molecule has 2 aromatic rings. The highest BCUT2D eigenvalue weighted by molar-refractivity contribution is 6.29. The minimum atomic E-state index is 0.277. The predicted molar refractivity (Wildman–Crippen MR) is 72.6 cm³/mol. The van der Waals surface area contributed by atoms with Crippen LogP contribution in [0.25, 0.3) is 11.3 Å². The summed E-state index contributed by atoms with van der Waals surface area (Å²) >= 11 is 5.88. The van der Waals surface area contributed by atoms with Crippen molar-refractivity contribution in [1.29, 1.82) is 0 Å². The molecule has 5 heteroatoms. The molecule has 1 heterocycles. The van der Waals surface area contributed by atoms with Gasteiger partial charge in [0.25, 0.3) is 0 Å². The SMILES string of the molecule is COc1cc([C]=O)c(OC)c(-c2cccc(Cl)n2)c1. The summed E-state index contributed by atoms with van der Waals surface area (Å²) in [7, 11) is 3.00. The van der Waals surface area contributed by atoms with Crippen molar-refractivity contribution < 1.29 is 14.3 Å². The van der Waals surface area contributed by atoms with E-state index in [-0.39, 0.29) is 5.56 Å². The Morgan fingerprint density at radius 2 is 2.00 bits per heavy atom. The Kier molecular flexibility index (Phi) is 4.02. The lowest BCUT2D eigenvalue weighted by Crippen LogP contribution is -1.97. The van der Waals surface area contributed by atoms with Gasteiger partial charge >= 0.3 is 0 Å². The topological polar surface area (TPSA) is 48.4 Å². The van der Waals surface area contributed by atoms with Crippen LogP contribution in [0, 0.1) is 0 Å². The van der Waals surface area contributed by atoms with E-state index in [0.717, 1.165) is 0 Å². The van der Waals surface area contributed by atoms with Gasteiger partial charge in [-0.25, -0.2) is 4.98 Å². The molecule has 0 saturated heterocycles. The third-order valence-corrected chi connectivity index (χ3v) is 2.81. The molecule has 0 aliphatic rings. The summed E-state index contributed by atoms with van der Waals surface area (Å²) in [5.41, 5.74) is 1.50. The van der Waals surface area contributed by atoms with Crippen LogP contribution >= 0.6 is 11.6 Å². The largest absolute Gasteiger partial charge is 0.497 e. The summed E-state index contributed by atoms with van der Waals surface area (Å²) in [6.45, 7) is 0. The van der Waals surface area contributed by atoms with Crippen LogP contribution in [-0.2, 0) is 4.79 Å². The molecular formula is C14H11ClNO3. The van der Waals surface area contributed by atoms with Gasteiger partial charge in [0.05, 0.1) is 25.5 Å². The highest BCUT2D eigenvalue weighted by atomic mass is 35.5. The van der Waals surface area contributed by atoms with Crippen LogP contribution in [0.15, 0.2) is 30.3 Å². The number of benzene rings is 1. The number of methoxy groups -OCH3 is 2. The number of hydrogen-bond acceptors (Lipinski definition) is 4. The van der Waals surface area contributed by atoms with E-state index in [2.05, 4.69) is 4.98 Å². The van der Waals surface area contributed by atoms with Crippen molar-refractivity contribution in [3.8, 4) is 22.8 Å². The van der Waals surface area contributed by atoms with Crippen molar-refractivity contribution in [2.45, 2.75) is 0 Å². The normalized spacial score (nSPS) is 10.1. The van der Waals surface area contributed by atoms with Gasteiger partial charge < -0.3 is 9.47 Å². The zero-order valence-electron chi connectivity index (χ0n) is 10.4. The second-order valence-electron chi connectivity index (χ2n) is 3.70. The quantitative estimate of drug-likeness (QED) is 0.806. The summed E-state index contributed by atoms with van der Waals surface area (Å²) in [6, 6.07) is 8.51. The fourth-order valence-electron chi connectivity index (χ4n) is 1.76. The fourth-order valence-corrected chi connectivity index (χ4v) is 1.93. The molecule has 0 unspecified atom stereocenters. The number of nitrogens with zero attached hydrogens (tertiary/aromatic N) is 1. The van der Waals surface area contributed by atoms with Crippen LogP contribution < -0.4 is 9.47 Å². The second kappa shape index (κ2) is 5.71. The van der Waals surface area contributed by atoms with E-state index in [1.165, 1.54) is 14.2 Å². The lowest BCUT2D eigenvalue weighted by atomic mass is 10.1. The Morgan fingerprint density at radius 1 is 1.21 bits per heavy atom. The Bertz CT molecular complexity index is 614. The summed E-state index contributed by atoms with van der Waals surface area (Å²) in [5, 5.41) is 0.360. The minimum Gasteiger partial charge on any atom is -0.497 e. The molecular weight excluding hydrogens is 266 g/mol. The highest BCUT2D eigenvalue weighted by Gasteiger charge is 2.15. The molecule has 0 atom stereocenters. The van der Waals surface area contributed by atoms with Crippen LogP contribution in [0.4, 0.5) is 0 Å². The molecule has 0 aliphatic heterocycles. The molecule has 2 rings (SSSR count). The zero-order chi connectivity index (χ0) is 13.8. The first-order valence-corrected chi connectivity index (χ1v) is 5.84. The van der Waals surface area contributed by atoms with Crippen molar-refractivity contribution in [2.24, 2.45) is 0 Å². The summed E-state index contributed by atoms with van der Waals surface area (Å²) in [6.07, 6.45) is 1.83. The van der Waals surface area contributed by atoms with E-state index in [4.69, 9.17) is 21.1 Å². The Hall–Kier alpha value is -2.07. The number of halogens is 1. The van der Waals surface area contributed by atoms with Gasteiger partial charge in [-0.2, -0.15) is 0 Å². The maximum absolute atomic E-state index is 11.0. The van der Waals surface area contributed by atoms with Crippen molar-refractivity contribution in [3.05, 3.63) is 41.0 Å². The van der Waals surface area contributed by atoms with Gasteiger partial charge in [0.2, 0.25) is 6.29 Å². The molecule has 0 bridgehead atoms. The Labute approximate surface area is 115 Å². The molecule has 0 fully saturated rings. The van der Waals surface area contributed by atoms with E-state index in [9.17, 15) is 4.79 Å². The number of ether oxygens (including phenoxy) is 2. The first-order chi connectivity index (χ1) is 9.19. The summed E-state index contributed by atoms with van der Waals surface area (Å²) < 4.78 is 10.4. The molecule has 0 N–H and O–H groups in total. The van der Waals surface area contributed by atoms with Crippen LogP contribution in [0.2, 0.25) is 5.15 Å². The molecule has 1 aromatic carbocycles. The molecule has 0 saturated carbocycles. The number of hydrogen-bond donors (Lipinski definition) is 0. The number of aromatic nitrogens is 1. The van der Waals surface area contributed by atoms with Crippen molar-refractivity contribution in [3.63, 3.8) is 0 Å². The first-order valence-electron chi connectivity index (χ1n) is 5.46. The van der Waals surface area contributed by atoms with E-state index in [0.29, 0.717) is 27.9 Å². The molecule has 1 radical (unpaired) electrons. The minimum absolute atomic E-state index is 0.277. The van der Waals surface area contributed by atoms with Crippen LogP contribution in [0.3, 0.4) is 0 Å². The van der Waals surface area contributed by atoms with Gasteiger partial charge in [0, 0.05) is 5.56 Å². The molecule has 1 aromatic heterocycles. The van der Waals surface area contributed by atoms with E-state index in [1.807, 2.05) is 6.29 Å². The maximum atomic E-state index is 11.0. The molecule has 0 spiro atoms. The predicted octanol–water partition coefficient (Wildman–Crippen LogP) is 2.88. The van der Waals surface area contributed by atoms with Gasteiger partial charge in [-0.15, -0.1) is 0 Å². The molecule has 4 nitrogen and oxygen atoms in total. The number of rotatable bonds is 4. The van der Waals surface area contributed by atoms with Gasteiger partial charge in [-0.1, -0.05) is 17.7 Å². The molecule has 97 valence electrons. The lowest BCUT2D eigenvalue weighted by Gasteiger charge is -2.12. The van der Waals surface area contributed by atoms with E-state index < -0.39 is 0 Å². The van der Waals surface area contributed by atoms with E-state index in [1.54, 1.807) is 30.3 Å². The smallest absolute Gasteiger partial charge is 0.237 e. The third-order valence-electron chi connectivity index (χ3n) is 2.60. The highest BCUT2D eigenvalue weighted by Crippen LogP contribution is 2.35. The monoisotopic (exact) mass is 276 g/mol. The second-order valence-corrected chi connectivity index (χ2v) is 4.09. The van der Waals surface area contributed by atoms with Gasteiger partial charge in [-0.05, 0) is 24.3 Å². The average Bonchev–Trinajstić information content (AvgIpc) is 2.45. The Balaban J connectivity index is 2.69. The molecule has 0 aliphatic carbocycles.